The fourth-order valence-corrected chi connectivity index (χ4v) is 3.33. The molecule has 0 radical (unpaired) electrons. The lowest BCUT2D eigenvalue weighted by atomic mass is 10.0. The number of anilines is 1. The molecule has 1 aliphatic rings. The average molecular weight is 334 g/mol. The summed E-state index contributed by atoms with van der Waals surface area (Å²) in [5.41, 5.74) is 3.89. The molecule has 0 atom stereocenters. The molecule has 0 saturated heterocycles. The van der Waals surface area contributed by atoms with Crippen molar-refractivity contribution < 1.29 is 4.79 Å². The van der Waals surface area contributed by atoms with Gasteiger partial charge in [-0.05, 0) is 55.0 Å². The van der Waals surface area contributed by atoms with Gasteiger partial charge in [0, 0.05) is 5.69 Å². The van der Waals surface area contributed by atoms with Crippen molar-refractivity contribution in [1.82, 2.24) is 0 Å². The van der Waals surface area contributed by atoms with Crippen molar-refractivity contribution in [2.24, 2.45) is 0 Å². The van der Waals surface area contributed by atoms with Gasteiger partial charge in [0.2, 0.25) is 0 Å². The summed E-state index contributed by atoms with van der Waals surface area (Å²) in [6.07, 6.45) is 5.70. The van der Waals surface area contributed by atoms with Crippen LogP contribution in [0.15, 0.2) is 36.4 Å². The molecule has 0 fully saturated rings. The molecular weight excluding hydrogens is 317 g/mol. The Balaban J connectivity index is 1.90. The quantitative estimate of drug-likeness (QED) is 0.721. The Bertz CT molecular complexity index is 712. The van der Waals surface area contributed by atoms with Crippen LogP contribution >= 0.6 is 23.2 Å². The van der Waals surface area contributed by atoms with E-state index in [9.17, 15) is 4.79 Å². The molecule has 114 valence electrons. The Morgan fingerprint density at radius 1 is 0.955 bits per heavy atom. The highest BCUT2D eigenvalue weighted by atomic mass is 35.5. The first kappa shape index (κ1) is 15.4. The monoisotopic (exact) mass is 333 g/mol. The first-order valence-electron chi connectivity index (χ1n) is 7.53. The third kappa shape index (κ3) is 3.13. The van der Waals surface area contributed by atoms with Gasteiger partial charge < -0.3 is 5.32 Å². The molecule has 0 bridgehead atoms. The molecule has 0 unspecified atom stereocenters. The standard InChI is InChI=1S/C18H17Cl2NO/c19-15-10-5-9-14(17(15)20)18(22)21-16-11-4-7-12-6-2-1-3-8-13(12)16/h4-5,7,9-11H,1-3,6,8H2,(H,21,22). The van der Waals surface area contributed by atoms with Gasteiger partial charge in [0.15, 0.2) is 0 Å². The SMILES string of the molecule is O=C(Nc1cccc2c1CCCCC2)c1cccc(Cl)c1Cl. The van der Waals surface area contributed by atoms with Gasteiger partial charge in [-0.1, -0.05) is 47.8 Å². The van der Waals surface area contributed by atoms with Gasteiger partial charge in [-0.15, -0.1) is 0 Å². The van der Waals surface area contributed by atoms with E-state index in [-0.39, 0.29) is 5.91 Å². The van der Waals surface area contributed by atoms with Crippen molar-refractivity contribution in [3.63, 3.8) is 0 Å². The second kappa shape index (κ2) is 6.72. The van der Waals surface area contributed by atoms with Crippen molar-refractivity contribution >= 4 is 34.8 Å². The summed E-state index contributed by atoms with van der Waals surface area (Å²) in [7, 11) is 0. The van der Waals surface area contributed by atoms with E-state index in [1.165, 1.54) is 24.0 Å². The fraction of sp³-hybridized carbons (Fsp3) is 0.278. The van der Waals surface area contributed by atoms with Crippen LogP contribution in [0.5, 0.6) is 0 Å². The van der Waals surface area contributed by atoms with Crippen molar-refractivity contribution in [1.29, 1.82) is 0 Å². The van der Waals surface area contributed by atoms with Gasteiger partial charge in [-0.3, -0.25) is 4.79 Å². The molecule has 0 heterocycles. The number of rotatable bonds is 2. The number of nitrogens with one attached hydrogen (secondary N) is 1. The molecule has 0 aliphatic heterocycles. The van der Waals surface area contributed by atoms with E-state index in [2.05, 4.69) is 11.4 Å². The van der Waals surface area contributed by atoms with E-state index in [0.29, 0.717) is 15.6 Å². The molecule has 1 N–H and O–H groups in total. The molecule has 2 nitrogen and oxygen atoms in total. The molecular formula is C18H17Cl2NO. The minimum absolute atomic E-state index is 0.217. The topological polar surface area (TPSA) is 29.1 Å². The molecule has 2 aromatic carbocycles. The number of aryl methyl sites for hydroxylation is 1. The minimum Gasteiger partial charge on any atom is -0.322 e. The lowest BCUT2D eigenvalue weighted by Crippen LogP contribution is -2.14. The lowest BCUT2D eigenvalue weighted by molar-refractivity contribution is 0.102. The van der Waals surface area contributed by atoms with E-state index in [0.717, 1.165) is 24.9 Å². The zero-order chi connectivity index (χ0) is 15.5. The highest BCUT2D eigenvalue weighted by Gasteiger charge is 2.16. The summed E-state index contributed by atoms with van der Waals surface area (Å²) in [5.74, 6) is -0.217. The fourth-order valence-electron chi connectivity index (χ4n) is 2.94. The molecule has 0 saturated carbocycles. The Labute approximate surface area is 140 Å². The van der Waals surface area contributed by atoms with Crippen LogP contribution in [0.3, 0.4) is 0 Å². The summed E-state index contributed by atoms with van der Waals surface area (Å²) >= 11 is 12.1. The smallest absolute Gasteiger partial charge is 0.257 e. The number of carbonyl (C=O) groups excluding carboxylic acids is 1. The van der Waals surface area contributed by atoms with E-state index >= 15 is 0 Å². The molecule has 2 aromatic rings. The normalized spacial score (nSPS) is 14.1. The molecule has 0 spiro atoms. The largest absolute Gasteiger partial charge is 0.322 e. The van der Waals surface area contributed by atoms with Crippen molar-refractivity contribution in [2.45, 2.75) is 32.1 Å². The second-order valence-corrected chi connectivity index (χ2v) is 6.34. The number of amides is 1. The Hall–Kier alpha value is -1.51. The van der Waals surface area contributed by atoms with Crippen LogP contribution in [0.1, 0.15) is 40.7 Å². The third-order valence-corrected chi connectivity index (χ3v) is 4.91. The molecule has 4 heteroatoms. The van der Waals surface area contributed by atoms with Gasteiger partial charge >= 0.3 is 0 Å². The predicted octanol–water partition coefficient (Wildman–Crippen LogP) is 5.51. The molecule has 1 aliphatic carbocycles. The maximum absolute atomic E-state index is 12.5. The first-order valence-corrected chi connectivity index (χ1v) is 8.28. The number of hydrogen-bond donors (Lipinski definition) is 1. The summed E-state index contributed by atoms with van der Waals surface area (Å²) in [6.45, 7) is 0. The van der Waals surface area contributed by atoms with Crippen LogP contribution in [0.4, 0.5) is 5.69 Å². The Morgan fingerprint density at radius 2 is 1.73 bits per heavy atom. The zero-order valence-corrected chi connectivity index (χ0v) is 13.7. The third-order valence-electron chi connectivity index (χ3n) is 4.09. The van der Waals surface area contributed by atoms with Gasteiger partial charge in [0.1, 0.15) is 0 Å². The Morgan fingerprint density at radius 3 is 2.59 bits per heavy atom. The second-order valence-electron chi connectivity index (χ2n) is 5.56. The van der Waals surface area contributed by atoms with Gasteiger partial charge in [0.05, 0.1) is 15.6 Å². The van der Waals surface area contributed by atoms with Crippen molar-refractivity contribution in [3.8, 4) is 0 Å². The molecule has 22 heavy (non-hydrogen) atoms. The summed E-state index contributed by atoms with van der Waals surface area (Å²) in [5, 5.41) is 3.69. The van der Waals surface area contributed by atoms with Gasteiger partial charge in [-0.25, -0.2) is 0 Å². The number of fused-ring (bicyclic) bond motifs is 1. The first-order chi connectivity index (χ1) is 10.7. The highest BCUT2D eigenvalue weighted by molar-refractivity contribution is 6.44. The summed E-state index contributed by atoms with van der Waals surface area (Å²) in [4.78, 5) is 12.5. The molecule has 1 amide bonds. The van der Waals surface area contributed by atoms with Crippen LogP contribution in [0.25, 0.3) is 0 Å². The maximum Gasteiger partial charge on any atom is 0.257 e. The minimum atomic E-state index is -0.217. The number of benzene rings is 2. The average Bonchev–Trinajstić information content (AvgIpc) is 2.76. The predicted molar refractivity (Wildman–Crippen MR) is 92.1 cm³/mol. The van der Waals surface area contributed by atoms with E-state index < -0.39 is 0 Å². The van der Waals surface area contributed by atoms with E-state index in [1.54, 1.807) is 18.2 Å². The van der Waals surface area contributed by atoms with Crippen molar-refractivity contribution in [3.05, 3.63) is 63.1 Å². The van der Waals surface area contributed by atoms with Crippen molar-refractivity contribution in [2.75, 3.05) is 5.32 Å². The van der Waals surface area contributed by atoms with E-state index in [4.69, 9.17) is 23.2 Å². The van der Waals surface area contributed by atoms with Gasteiger partial charge in [-0.2, -0.15) is 0 Å². The molecule has 3 rings (SSSR count). The zero-order valence-electron chi connectivity index (χ0n) is 12.2. The summed E-state index contributed by atoms with van der Waals surface area (Å²) in [6, 6.07) is 11.2. The maximum atomic E-state index is 12.5. The molecule has 0 aromatic heterocycles. The van der Waals surface area contributed by atoms with Crippen LogP contribution in [-0.4, -0.2) is 5.91 Å². The lowest BCUT2D eigenvalue weighted by Gasteiger charge is -2.14. The number of carbonyl (C=O) groups is 1. The van der Waals surface area contributed by atoms with Crippen LogP contribution in [0.2, 0.25) is 10.0 Å². The Kier molecular flexibility index (Phi) is 4.70. The van der Waals surface area contributed by atoms with Gasteiger partial charge in [0.25, 0.3) is 5.91 Å². The summed E-state index contributed by atoms with van der Waals surface area (Å²) < 4.78 is 0. The highest BCUT2D eigenvalue weighted by Crippen LogP contribution is 2.29. The van der Waals surface area contributed by atoms with Crippen LogP contribution in [0, 0.1) is 0 Å². The van der Waals surface area contributed by atoms with Crippen LogP contribution < -0.4 is 5.32 Å². The number of halogens is 2. The van der Waals surface area contributed by atoms with Crippen LogP contribution in [-0.2, 0) is 12.8 Å². The van der Waals surface area contributed by atoms with E-state index in [1.807, 2.05) is 12.1 Å². The number of hydrogen-bond acceptors (Lipinski definition) is 1.